The summed E-state index contributed by atoms with van der Waals surface area (Å²) in [6.07, 6.45) is 2.12. The number of benzene rings is 1. The zero-order valence-electron chi connectivity index (χ0n) is 6.17. The molecule has 0 aliphatic carbocycles. The second kappa shape index (κ2) is 2.88. The SMILES string of the molecule is [O-][S+]1CCCc2c[c]ccc21. The minimum atomic E-state index is -0.735. The molecular formula is C9H9OS. The Labute approximate surface area is 69.6 Å². The first kappa shape index (κ1) is 7.19. The largest absolute Gasteiger partial charge is 0.611 e. The van der Waals surface area contributed by atoms with E-state index < -0.39 is 11.2 Å². The molecule has 0 fully saturated rings. The number of hydrogen-bond acceptors (Lipinski definition) is 1. The van der Waals surface area contributed by atoms with Gasteiger partial charge in [0.2, 0.25) is 0 Å². The van der Waals surface area contributed by atoms with Crippen molar-refractivity contribution in [2.24, 2.45) is 0 Å². The van der Waals surface area contributed by atoms with Gasteiger partial charge in [0, 0.05) is 5.56 Å². The molecule has 1 heterocycles. The van der Waals surface area contributed by atoms with Gasteiger partial charge in [-0.05, 0) is 48.3 Å². The van der Waals surface area contributed by atoms with Crippen LogP contribution in [0.15, 0.2) is 23.1 Å². The van der Waals surface area contributed by atoms with Crippen LogP contribution in [-0.4, -0.2) is 10.3 Å². The molecule has 0 bridgehead atoms. The minimum absolute atomic E-state index is 0.735. The van der Waals surface area contributed by atoms with Crippen molar-refractivity contribution in [1.29, 1.82) is 0 Å². The van der Waals surface area contributed by atoms with E-state index in [1.165, 1.54) is 5.56 Å². The van der Waals surface area contributed by atoms with E-state index in [9.17, 15) is 4.55 Å². The predicted molar refractivity (Wildman–Crippen MR) is 44.9 cm³/mol. The molecule has 1 radical (unpaired) electrons. The standard InChI is InChI=1S/C9H9OS/c10-11-7-3-5-8-4-1-2-6-9(8)11/h2,4,6H,3,5,7H2. The van der Waals surface area contributed by atoms with Crippen LogP contribution in [0.1, 0.15) is 12.0 Å². The Morgan fingerprint density at radius 3 is 3.27 bits per heavy atom. The highest BCUT2D eigenvalue weighted by Gasteiger charge is 2.19. The van der Waals surface area contributed by atoms with E-state index in [1.54, 1.807) is 0 Å². The van der Waals surface area contributed by atoms with E-state index in [1.807, 2.05) is 18.2 Å². The molecule has 1 unspecified atom stereocenters. The van der Waals surface area contributed by atoms with Crippen molar-refractivity contribution < 1.29 is 4.55 Å². The first-order valence-electron chi connectivity index (χ1n) is 3.75. The Morgan fingerprint density at radius 2 is 2.45 bits per heavy atom. The summed E-state index contributed by atoms with van der Waals surface area (Å²) in [7, 11) is 0. The molecule has 1 nitrogen and oxygen atoms in total. The van der Waals surface area contributed by atoms with Crippen LogP contribution in [0.2, 0.25) is 0 Å². The highest BCUT2D eigenvalue weighted by atomic mass is 32.2. The van der Waals surface area contributed by atoms with E-state index in [0.717, 1.165) is 23.5 Å². The van der Waals surface area contributed by atoms with Gasteiger partial charge in [-0.3, -0.25) is 0 Å². The van der Waals surface area contributed by atoms with Crippen molar-refractivity contribution in [2.75, 3.05) is 5.75 Å². The van der Waals surface area contributed by atoms with Crippen LogP contribution in [0.25, 0.3) is 0 Å². The topological polar surface area (TPSA) is 23.1 Å². The molecular weight excluding hydrogens is 156 g/mol. The van der Waals surface area contributed by atoms with Gasteiger partial charge in [0.15, 0.2) is 4.90 Å². The van der Waals surface area contributed by atoms with Gasteiger partial charge in [-0.1, -0.05) is 0 Å². The van der Waals surface area contributed by atoms with Crippen molar-refractivity contribution in [1.82, 2.24) is 0 Å². The lowest BCUT2D eigenvalue weighted by molar-refractivity contribution is 0.585. The molecule has 57 valence electrons. The molecule has 0 aromatic heterocycles. The minimum Gasteiger partial charge on any atom is -0.611 e. The Balaban J connectivity index is 2.44. The smallest absolute Gasteiger partial charge is 0.155 e. The van der Waals surface area contributed by atoms with Gasteiger partial charge in [0.1, 0.15) is 5.75 Å². The average molecular weight is 165 g/mol. The van der Waals surface area contributed by atoms with Crippen LogP contribution in [-0.2, 0) is 17.6 Å². The highest BCUT2D eigenvalue weighted by Crippen LogP contribution is 2.23. The molecule has 2 rings (SSSR count). The average Bonchev–Trinajstić information content (AvgIpc) is 2.06. The lowest BCUT2D eigenvalue weighted by Crippen LogP contribution is -2.15. The van der Waals surface area contributed by atoms with Crippen molar-refractivity contribution >= 4 is 11.2 Å². The maximum absolute atomic E-state index is 11.4. The maximum Gasteiger partial charge on any atom is 0.155 e. The normalized spacial score (nSPS) is 22.8. The van der Waals surface area contributed by atoms with Crippen LogP contribution < -0.4 is 0 Å². The number of fused-ring (bicyclic) bond motifs is 1. The Morgan fingerprint density at radius 1 is 1.55 bits per heavy atom. The summed E-state index contributed by atoms with van der Waals surface area (Å²) in [6.45, 7) is 0. The highest BCUT2D eigenvalue weighted by molar-refractivity contribution is 7.91. The third-order valence-electron chi connectivity index (χ3n) is 1.93. The van der Waals surface area contributed by atoms with Gasteiger partial charge in [0.05, 0.1) is 0 Å². The molecule has 1 aliphatic rings. The van der Waals surface area contributed by atoms with Gasteiger partial charge in [-0.25, -0.2) is 0 Å². The Bertz CT molecular complexity index is 259. The van der Waals surface area contributed by atoms with E-state index in [2.05, 4.69) is 6.07 Å². The van der Waals surface area contributed by atoms with Crippen LogP contribution >= 0.6 is 0 Å². The molecule has 0 N–H and O–H groups in total. The number of hydrogen-bond donors (Lipinski definition) is 0. The molecule has 0 saturated heterocycles. The van der Waals surface area contributed by atoms with Crippen molar-refractivity contribution in [3.8, 4) is 0 Å². The molecule has 11 heavy (non-hydrogen) atoms. The summed E-state index contributed by atoms with van der Waals surface area (Å²) >= 11 is -0.735. The first-order valence-corrected chi connectivity index (χ1v) is 5.07. The molecule has 1 aliphatic heterocycles. The van der Waals surface area contributed by atoms with Gasteiger partial charge in [0.25, 0.3) is 0 Å². The zero-order chi connectivity index (χ0) is 7.68. The Kier molecular flexibility index (Phi) is 1.88. The molecule has 0 amide bonds. The van der Waals surface area contributed by atoms with Gasteiger partial charge in [-0.15, -0.1) is 0 Å². The summed E-state index contributed by atoms with van der Waals surface area (Å²) in [5.41, 5.74) is 1.22. The molecule has 1 atom stereocenters. The lowest BCUT2D eigenvalue weighted by atomic mass is 10.1. The number of aryl methyl sites for hydroxylation is 1. The molecule has 1 aromatic carbocycles. The second-order valence-corrected chi connectivity index (χ2v) is 4.23. The summed E-state index contributed by atoms with van der Waals surface area (Å²) in [5, 5.41) is 0. The third-order valence-corrected chi connectivity index (χ3v) is 3.47. The quantitative estimate of drug-likeness (QED) is 0.535. The van der Waals surface area contributed by atoms with Crippen LogP contribution in [0.5, 0.6) is 0 Å². The monoisotopic (exact) mass is 165 g/mol. The van der Waals surface area contributed by atoms with Gasteiger partial charge >= 0.3 is 0 Å². The van der Waals surface area contributed by atoms with E-state index in [0.29, 0.717) is 0 Å². The Hall–Kier alpha value is -0.470. The predicted octanol–water partition coefficient (Wildman–Crippen LogP) is 1.54. The van der Waals surface area contributed by atoms with E-state index in [-0.39, 0.29) is 0 Å². The number of rotatable bonds is 0. The van der Waals surface area contributed by atoms with E-state index in [4.69, 9.17) is 0 Å². The lowest BCUT2D eigenvalue weighted by Gasteiger charge is -2.18. The van der Waals surface area contributed by atoms with Gasteiger partial charge < -0.3 is 4.55 Å². The fourth-order valence-corrected chi connectivity index (χ4v) is 2.67. The van der Waals surface area contributed by atoms with Crippen molar-refractivity contribution in [3.63, 3.8) is 0 Å². The zero-order valence-corrected chi connectivity index (χ0v) is 6.99. The van der Waals surface area contributed by atoms with Crippen molar-refractivity contribution in [2.45, 2.75) is 17.7 Å². The summed E-state index contributed by atoms with van der Waals surface area (Å²) in [6, 6.07) is 8.71. The van der Waals surface area contributed by atoms with Crippen LogP contribution in [0.4, 0.5) is 0 Å². The second-order valence-electron chi connectivity index (χ2n) is 2.69. The van der Waals surface area contributed by atoms with Crippen LogP contribution in [0.3, 0.4) is 0 Å². The fraction of sp³-hybridized carbons (Fsp3) is 0.333. The fourth-order valence-electron chi connectivity index (χ4n) is 1.37. The van der Waals surface area contributed by atoms with E-state index >= 15 is 0 Å². The summed E-state index contributed by atoms with van der Waals surface area (Å²) < 4.78 is 11.4. The third kappa shape index (κ3) is 1.28. The first-order chi connectivity index (χ1) is 5.38. The van der Waals surface area contributed by atoms with Crippen LogP contribution in [0, 0.1) is 6.07 Å². The van der Waals surface area contributed by atoms with Crippen molar-refractivity contribution in [3.05, 3.63) is 29.8 Å². The summed E-state index contributed by atoms with van der Waals surface area (Å²) in [4.78, 5) is 1.02. The molecule has 0 saturated carbocycles. The summed E-state index contributed by atoms with van der Waals surface area (Å²) in [5.74, 6) is 0.830. The molecule has 2 heteroatoms. The maximum atomic E-state index is 11.4. The molecule has 0 spiro atoms. The van der Waals surface area contributed by atoms with Gasteiger partial charge in [-0.2, -0.15) is 0 Å². The molecule has 1 aromatic rings.